The molecule has 304 valence electrons. The number of rotatable bonds is 11. The molecule has 0 aromatic rings. The molecule has 9 N–H and O–H groups in total. The van der Waals surface area contributed by atoms with Crippen molar-refractivity contribution in [2.75, 3.05) is 6.61 Å². The number of ether oxygens (including phenoxy) is 1. The van der Waals surface area contributed by atoms with Gasteiger partial charge in [0.1, 0.15) is 6.10 Å². The molecular weight excluding hydrogens is 684 g/mol. The van der Waals surface area contributed by atoms with Gasteiger partial charge in [-0.1, -0.05) is 46.1 Å². The Labute approximate surface area is 322 Å². The largest absolute Gasteiger partial charge is 0.396 e. The van der Waals surface area contributed by atoms with Crippen LogP contribution in [0.2, 0.25) is 0 Å². The third kappa shape index (κ3) is 6.60. The quantitative estimate of drug-likeness (QED) is 0.149. The van der Waals surface area contributed by atoms with Crippen molar-refractivity contribution in [3.63, 3.8) is 0 Å². The Bertz CT molecular complexity index is 1490. The van der Waals surface area contributed by atoms with Gasteiger partial charge in [0, 0.05) is 23.6 Å². The molecule has 54 heavy (non-hydrogen) atoms. The van der Waals surface area contributed by atoms with E-state index in [2.05, 4.69) is 19.2 Å². The number of ketones is 1. The van der Waals surface area contributed by atoms with Crippen molar-refractivity contribution in [3.8, 4) is 0 Å². The number of carbonyl (C=O) groups is 1. The van der Waals surface area contributed by atoms with E-state index in [4.69, 9.17) is 10.5 Å². The van der Waals surface area contributed by atoms with Gasteiger partial charge in [-0.05, 0) is 149 Å². The first-order valence-corrected chi connectivity index (χ1v) is 21.5. The van der Waals surface area contributed by atoms with E-state index in [0.717, 1.165) is 36.5 Å². The standard InChI is InChI=1S/C44H70N2O8/c1-5-7-26-9-12-28-25(2)39(54-36(28)13-10-26)40(51)42(4,52)37-17-20-44(53)30-22-33(48)31-23-34(49)35(50)24-43(31,29(30)16-18-41(37,44)3)19-15-27-11-14-38(45)46-32(27)8-6-21-47/h11,14,22,25-26,28-29,31,34-40,46-47,49-53H,5-10,12-13,15-21,23-24,45H2,1-4H3/t25-,26+,28-,29-,31-,34+,35-,36+,37-,38?,39+,40+,41+,42+,43+,44+/m0/s1. The van der Waals surface area contributed by atoms with Gasteiger partial charge in [0.2, 0.25) is 0 Å². The minimum atomic E-state index is -1.54. The minimum Gasteiger partial charge on any atom is -0.396 e. The number of carbonyl (C=O) groups excluding carboxylic acids is 1. The Hall–Kier alpha value is -1.63. The first kappa shape index (κ1) is 40.6. The van der Waals surface area contributed by atoms with Crippen LogP contribution in [-0.4, -0.2) is 90.9 Å². The fourth-order valence-corrected chi connectivity index (χ4v) is 13.6. The molecule has 10 heteroatoms. The summed E-state index contributed by atoms with van der Waals surface area (Å²) in [6.45, 7) is 8.27. The van der Waals surface area contributed by atoms with Gasteiger partial charge >= 0.3 is 0 Å². The number of nitrogens with two attached hydrogens (primary N) is 1. The molecule has 0 aromatic carbocycles. The van der Waals surface area contributed by atoms with E-state index in [1.54, 1.807) is 13.0 Å². The van der Waals surface area contributed by atoms with Crippen molar-refractivity contribution in [2.24, 2.45) is 52.1 Å². The molecule has 1 saturated heterocycles. The lowest BCUT2D eigenvalue weighted by atomic mass is 9.44. The second kappa shape index (κ2) is 15.3. The van der Waals surface area contributed by atoms with Gasteiger partial charge in [0.05, 0.1) is 41.8 Å². The predicted octanol–water partition coefficient (Wildman–Crippen LogP) is 4.54. The molecule has 0 amide bonds. The van der Waals surface area contributed by atoms with Gasteiger partial charge in [-0.25, -0.2) is 0 Å². The summed E-state index contributed by atoms with van der Waals surface area (Å²) in [4.78, 5) is 14.3. The van der Waals surface area contributed by atoms with E-state index in [-0.39, 0.29) is 49.3 Å². The van der Waals surface area contributed by atoms with Crippen LogP contribution in [0.25, 0.3) is 0 Å². The Balaban J connectivity index is 1.15. The molecule has 2 aliphatic heterocycles. The third-order valence-electron chi connectivity index (χ3n) is 16.6. The number of allylic oxidation sites excluding steroid dienone is 4. The monoisotopic (exact) mass is 755 g/mol. The van der Waals surface area contributed by atoms with E-state index in [1.807, 2.05) is 19.1 Å². The van der Waals surface area contributed by atoms with Crippen LogP contribution in [0, 0.1) is 46.3 Å². The molecule has 7 rings (SSSR count). The zero-order chi connectivity index (χ0) is 38.8. The van der Waals surface area contributed by atoms with Gasteiger partial charge in [0.15, 0.2) is 5.78 Å². The number of hydrogen-bond acceptors (Lipinski definition) is 10. The first-order valence-electron chi connectivity index (χ1n) is 21.5. The highest BCUT2D eigenvalue weighted by Crippen LogP contribution is 2.70. The topological polar surface area (TPSA) is 186 Å². The van der Waals surface area contributed by atoms with Crippen molar-refractivity contribution >= 4 is 5.78 Å². The highest BCUT2D eigenvalue weighted by atomic mass is 16.5. The molecule has 2 heterocycles. The zero-order valence-electron chi connectivity index (χ0n) is 33.3. The Morgan fingerprint density at radius 2 is 1.83 bits per heavy atom. The van der Waals surface area contributed by atoms with Crippen LogP contribution >= 0.6 is 0 Å². The van der Waals surface area contributed by atoms with Crippen LogP contribution in [0.4, 0.5) is 0 Å². The van der Waals surface area contributed by atoms with Gasteiger partial charge in [0.25, 0.3) is 0 Å². The molecule has 1 unspecified atom stereocenters. The van der Waals surface area contributed by atoms with Gasteiger partial charge in [-0.15, -0.1) is 0 Å². The zero-order valence-corrected chi connectivity index (χ0v) is 33.3. The summed E-state index contributed by atoms with van der Waals surface area (Å²) in [6, 6.07) is 0. The lowest BCUT2D eigenvalue weighted by Gasteiger charge is -2.62. The Kier molecular flexibility index (Phi) is 11.5. The maximum absolute atomic E-state index is 14.3. The molecular formula is C44H70N2O8. The molecule has 16 atom stereocenters. The SMILES string of the molecule is CCC[C@@H]1CC[C@H]2[C@H](C)[C@H]([C@@H](O)[C@](C)(O)[C@H]3CC[C@@]4(O)C5=CC(=O)[C@@H]6C[C@@H](O)[C@@H](O)C[C@]6(CCC6=C(CCCO)NC(N)C=C6)[C@H]5CC[C@]34C)O[C@@H]2CC1. The van der Waals surface area contributed by atoms with E-state index in [9.17, 15) is 35.4 Å². The van der Waals surface area contributed by atoms with Gasteiger partial charge in [-0.3, -0.25) is 4.79 Å². The molecule has 5 aliphatic carbocycles. The molecule has 7 aliphatic rings. The van der Waals surface area contributed by atoms with Gasteiger partial charge < -0.3 is 46.4 Å². The molecule has 0 aromatic heterocycles. The van der Waals surface area contributed by atoms with Crippen molar-refractivity contribution in [2.45, 2.75) is 178 Å². The van der Waals surface area contributed by atoms with Crippen molar-refractivity contribution < 1.29 is 40.2 Å². The third-order valence-corrected chi connectivity index (χ3v) is 16.6. The summed E-state index contributed by atoms with van der Waals surface area (Å²) in [5.41, 5.74) is 4.52. The maximum atomic E-state index is 14.3. The number of nitrogens with one attached hydrogen (secondary N) is 1. The van der Waals surface area contributed by atoms with Crippen molar-refractivity contribution in [1.82, 2.24) is 5.32 Å². The van der Waals surface area contributed by atoms with E-state index >= 15 is 0 Å². The smallest absolute Gasteiger partial charge is 0.159 e. The fraction of sp³-hybridized carbons (Fsp3) is 0.841. The lowest BCUT2D eigenvalue weighted by Crippen LogP contribution is -2.64. The van der Waals surface area contributed by atoms with Crippen LogP contribution in [0.15, 0.2) is 35.1 Å². The number of aliphatic hydroxyl groups is 6. The maximum Gasteiger partial charge on any atom is 0.159 e. The molecule has 0 bridgehead atoms. The number of dihydropyridines is 1. The molecule has 10 nitrogen and oxygen atoms in total. The number of hydrogen-bond donors (Lipinski definition) is 8. The van der Waals surface area contributed by atoms with Crippen LogP contribution in [0.1, 0.15) is 130 Å². The van der Waals surface area contributed by atoms with E-state index in [0.29, 0.717) is 62.9 Å². The molecule has 0 radical (unpaired) electrons. The summed E-state index contributed by atoms with van der Waals surface area (Å²) in [6.07, 6.45) is 13.6. The van der Waals surface area contributed by atoms with Crippen LogP contribution < -0.4 is 11.1 Å². The van der Waals surface area contributed by atoms with Crippen molar-refractivity contribution in [1.29, 1.82) is 0 Å². The highest BCUT2D eigenvalue weighted by molar-refractivity contribution is 5.95. The van der Waals surface area contributed by atoms with Crippen molar-refractivity contribution in [3.05, 3.63) is 35.1 Å². The van der Waals surface area contributed by atoms with Crippen LogP contribution in [0.3, 0.4) is 0 Å². The molecule has 0 spiro atoms. The average Bonchev–Trinajstić information content (AvgIpc) is 3.51. The Morgan fingerprint density at radius 3 is 2.57 bits per heavy atom. The van der Waals surface area contributed by atoms with Crippen LogP contribution in [-0.2, 0) is 9.53 Å². The number of aliphatic hydroxyl groups excluding tert-OH is 4. The fourth-order valence-electron chi connectivity index (χ4n) is 13.6. The van der Waals surface area contributed by atoms with E-state index in [1.165, 1.54) is 19.3 Å². The first-order chi connectivity index (χ1) is 25.6. The summed E-state index contributed by atoms with van der Waals surface area (Å²) in [7, 11) is 0. The second-order valence-corrected chi connectivity index (χ2v) is 19.3. The number of fused-ring (bicyclic) bond motifs is 6. The normalized spacial score (nSPS) is 46.4. The highest BCUT2D eigenvalue weighted by Gasteiger charge is 2.70. The summed E-state index contributed by atoms with van der Waals surface area (Å²) < 4.78 is 6.68. The summed E-state index contributed by atoms with van der Waals surface area (Å²) in [5.74, 6) is -0.0337. The Morgan fingerprint density at radius 1 is 1.07 bits per heavy atom. The lowest BCUT2D eigenvalue weighted by molar-refractivity contribution is -0.199. The predicted molar refractivity (Wildman–Crippen MR) is 206 cm³/mol. The summed E-state index contributed by atoms with van der Waals surface area (Å²) in [5, 5.41) is 72.8. The van der Waals surface area contributed by atoms with E-state index < -0.39 is 58.3 Å². The summed E-state index contributed by atoms with van der Waals surface area (Å²) >= 11 is 0. The second-order valence-electron chi connectivity index (χ2n) is 19.3. The van der Waals surface area contributed by atoms with Crippen LogP contribution in [0.5, 0.6) is 0 Å². The minimum absolute atomic E-state index is 0.0632. The average molecular weight is 755 g/mol. The molecule has 4 saturated carbocycles. The molecule has 5 fully saturated rings. The van der Waals surface area contributed by atoms with Gasteiger partial charge in [-0.2, -0.15) is 0 Å².